The summed E-state index contributed by atoms with van der Waals surface area (Å²) >= 11 is 3.20. The molecule has 14 heteroatoms. The summed E-state index contributed by atoms with van der Waals surface area (Å²) in [6.45, 7) is -0.0913. The molecule has 0 bridgehead atoms. The van der Waals surface area contributed by atoms with Crippen molar-refractivity contribution in [3.05, 3.63) is 122 Å². The number of benzene rings is 4. The highest BCUT2D eigenvalue weighted by molar-refractivity contribution is 7.22. The molecule has 0 spiro atoms. The molecule has 0 aliphatic heterocycles. The van der Waals surface area contributed by atoms with E-state index < -0.39 is 17.5 Å². The molecule has 56 heavy (non-hydrogen) atoms. The molecule has 0 radical (unpaired) electrons. The van der Waals surface area contributed by atoms with Gasteiger partial charge in [-0.2, -0.15) is 0 Å². The fraction of sp³-hybridized carbons (Fsp3) is 0.167. The summed E-state index contributed by atoms with van der Waals surface area (Å²) in [5, 5.41) is 18.8. The summed E-state index contributed by atoms with van der Waals surface area (Å²) in [6.07, 6.45) is 8.29. The van der Waals surface area contributed by atoms with Gasteiger partial charge >= 0.3 is 18.0 Å². The molecule has 4 aromatic heterocycles. The molecule has 1 unspecified atom stereocenters. The fourth-order valence-electron chi connectivity index (χ4n) is 6.92. The summed E-state index contributed by atoms with van der Waals surface area (Å²) in [5.74, 6) is -0.933. The third-order valence-corrected chi connectivity index (χ3v) is 11.8. The molecule has 278 valence electrons. The van der Waals surface area contributed by atoms with Crippen LogP contribution < -0.4 is 20.1 Å². The van der Waals surface area contributed by atoms with E-state index in [1.54, 1.807) is 47.5 Å². The van der Waals surface area contributed by atoms with Crippen LogP contribution in [0.2, 0.25) is 0 Å². The number of nitrogens with one attached hydrogen (secondary N) is 2. The highest BCUT2D eigenvalue weighted by Crippen LogP contribution is 2.43. The monoisotopic (exact) mass is 778 g/mol. The van der Waals surface area contributed by atoms with Gasteiger partial charge in [0.05, 0.1) is 20.4 Å². The molecule has 4 aromatic carbocycles. The van der Waals surface area contributed by atoms with Gasteiger partial charge in [0.15, 0.2) is 16.4 Å². The van der Waals surface area contributed by atoms with Gasteiger partial charge in [-0.05, 0) is 72.5 Å². The number of thiazole rings is 2. The normalized spacial score (nSPS) is 14.1. The zero-order valence-electron chi connectivity index (χ0n) is 29.8. The Labute approximate surface area is 329 Å². The van der Waals surface area contributed by atoms with E-state index in [1.807, 2.05) is 84.9 Å². The zero-order valence-corrected chi connectivity index (χ0v) is 31.5. The molecule has 4 heterocycles. The molecule has 1 saturated carbocycles. The molecule has 0 amide bonds. The molecular formula is C42H34N8O4S2. The van der Waals surface area contributed by atoms with Crippen LogP contribution >= 0.6 is 22.7 Å². The number of nitrogens with zero attached hydrogens (tertiary/aromatic N) is 6. The number of rotatable bonds is 13. The van der Waals surface area contributed by atoms with Crippen LogP contribution in [0.4, 0.5) is 21.6 Å². The molecule has 1 aliphatic rings. The highest BCUT2D eigenvalue weighted by Gasteiger charge is 2.50. The van der Waals surface area contributed by atoms with Crippen LogP contribution in [0.5, 0.6) is 12.0 Å². The lowest BCUT2D eigenvalue weighted by Crippen LogP contribution is -2.47. The van der Waals surface area contributed by atoms with Crippen LogP contribution in [-0.4, -0.2) is 53.7 Å². The number of anilines is 4. The Morgan fingerprint density at radius 2 is 1.11 bits per heavy atom. The van der Waals surface area contributed by atoms with Crippen LogP contribution in [0.1, 0.15) is 25.7 Å². The van der Waals surface area contributed by atoms with Crippen molar-refractivity contribution in [1.82, 2.24) is 29.9 Å². The van der Waals surface area contributed by atoms with Gasteiger partial charge in [0.25, 0.3) is 0 Å². The molecule has 8 aromatic rings. The van der Waals surface area contributed by atoms with Gasteiger partial charge in [-0.15, -0.1) is 0 Å². The predicted octanol–water partition coefficient (Wildman–Crippen LogP) is 9.78. The summed E-state index contributed by atoms with van der Waals surface area (Å²) in [4.78, 5) is 39.8. The SMILES string of the molecule is O=C(O)C1(C(COc2ncc(-c3ccc(Nc4nc5ccccc5s4)cc3)cn2)Oc2ncc(-c3ccc(Nc4nc5ccccc5s4)cc3)cn2)CCCC1. The molecule has 0 saturated heterocycles. The second kappa shape index (κ2) is 15.3. The van der Waals surface area contributed by atoms with E-state index in [9.17, 15) is 9.90 Å². The minimum Gasteiger partial charge on any atom is -0.481 e. The van der Waals surface area contributed by atoms with Crippen LogP contribution in [0, 0.1) is 5.41 Å². The number of carboxylic acids is 1. The first-order chi connectivity index (χ1) is 27.5. The Hall–Kier alpha value is -6.51. The van der Waals surface area contributed by atoms with Crippen molar-refractivity contribution >= 4 is 70.7 Å². The quantitative estimate of drug-likeness (QED) is 0.102. The van der Waals surface area contributed by atoms with Crippen LogP contribution in [-0.2, 0) is 4.79 Å². The Morgan fingerprint density at radius 3 is 1.57 bits per heavy atom. The number of carboxylic acid groups (broad SMARTS) is 1. The molecule has 12 nitrogen and oxygen atoms in total. The second-order valence-corrected chi connectivity index (χ2v) is 15.5. The second-order valence-electron chi connectivity index (χ2n) is 13.5. The predicted molar refractivity (Wildman–Crippen MR) is 219 cm³/mol. The largest absolute Gasteiger partial charge is 0.481 e. The standard InChI is InChI=1S/C42H34N8O4S2/c51-37(52)42(19-5-6-20-42)36(54-39-45-23-29(24-46-39)27-13-17-31(18-14-27)48-41-50-33-8-2-4-10-35(33)56-41)25-53-38-43-21-28(22-44-38)26-11-15-30(16-12-26)47-40-49-32-7-1-3-9-34(32)55-40/h1-4,7-18,21-24,36H,5-6,19-20,25H2,(H,47,49)(H,48,50)(H,51,52). The number of hydrogen-bond donors (Lipinski definition) is 3. The number of ether oxygens (including phenoxy) is 2. The first-order valence-electron chi connectivity index (χ1n) is 18.1. The molecule has 3 N–H and O–H groups in total. The minimum atomic E-state index is -1.16. The van der Waals surface area contributed by atoms with E-state index >= 15 is 0 Å². The van der Waals surface area contributed by atoms with Crippen molar-refractivity contribution < 1.29 is 19.4 Å². The molecule has 1 atom stereocenters. The average Bonchev–Trinajstić information content (AvgIpc) is 4.00. The number of carbonyl (C=O) groups is 1. The topological polar surface area (TPSA) is 157 Å². The van der Waals surface area contributed by atoms with E-state index in [4.69, 9.17) is 9.47 Å². The van der Waals surface area contributed by atoms with Crippen molar-refractivity contribution in [2.75, 3.05) is 17.2 Å². The number of aromatic nitrogens is 6. The van der Waals surface area contributed by atoms with Crippen molar-refractivity contribution in [2.24, 2.45) is 5.41 Å². The van der Waals surface area contributed by atoms with E-state index in [0.29, 0.717) is 12.8 Å². The zero-order chi connectivity index (χ0) is 37.9. The van der Waals surface area contributed by atoms with Gasteiger partial charge in [0.2, 0.25) is 0 Å². The van der Waals surface area contributed by atoms with Gasteiger partial charge in [-0.25, -0.2) is 29.9 Å². The van der Waals surface area contributed by atoms with Crippen molar-refractivity contribution in [3.63, 3.8) is 0 Å². The Bertz CT molecular complexity index is 2540. The Morgan fingerprint density at radius 1 is 0.643 bits per heavy atom. The van der Waals surface area contributed by atoms with Crippen LogP contribution in [0.25, 0.3) is 42.7 Å². The number of aliphatic carboxylic acids is 1. The fourth-order valence-corrected chi connectivity index (χ4v) is 8.69. The third-order valence-electron chi connectivity index (χ3n) is 9.93. The maximum atomic E-state index is 12.7. The summed E-state index contributed by atoms with van der Waals surface area (Å²) in [5.41, 5.74) is 6.04. The van der Waals surface area contributed by atoms with Gasteiger partial charge in [-0.1, -0.05) is 84.0 Å². The Balaban J connectivity index is 0.847. The van der Waals surface area contributed by atoms with Gasteiger partial charge < -0.3 is 25.2 Å². The van der Waals surface area contributed by atoms with Crippen molar-refractivity contribution in [2.45, 2.75) is 31.8 Å². The van der Waals surface area contributed by atoms with Gasteiger partial charge in [0, 0.05) is 47.3 Å². The maximum Gasteiger partial charge on any atom is 0.316 e. The molecule has 1 aliphatic carbocycles. The smallest absolute Gasteiger partial charge is 0.316 e. The maximum absolute atomic E-state index is 12.7. The van der Waals surface area contributed by atoms with Crippen molar-refractivity contribution in [1.29, 1.82) is 0 Å². The van der Waals surface area contributed by atoms with Gasteiger partial charge in [0.1, 0.15) is 12.0 Å². The third kappa shape index (κ3) is 7.44. The molecule has 1 fully saturated rings. The van der Waals surface area contributed by atoms with E-state index in [2.05, 4.69) is 52.7 Å². The van der Waals surface area contributed by atoms with E-state index in [0.717, 1.165) is 77.2 Å². The number of para-hydroxylation sites is 2. The summed E-state index contributed by atoms with van der Waals surface area (Å²) < 4.78 is 14.5. The lowest BCUT2D eigenvalue weighted by atomic mass is 9.80. The van der Waals surface area contributed by atoms with E-state index in [1.165, 1.54) is 0 Å². The van der Waals surface area contributed by atoms with Crippen LogP contribution in [0.3, 0.4) is 0 Å². The first-order valence-corrected chi connectivity index (χ1v) is 19.7. The molecular weight excluding hydrogens is 745 g/mol. The lowest BCUT2D eigenvalue weighted by molar-refractivity contribution is -0.156. The average molecular weight is 779 g/mol. The Kier molecular flexibility index (Phi) is 9.63. The summed E-state index contributed by atoms with van der Waals surface area (Å²) in [7, 11) is 0. The summed E-state index contributed by atoms with van der Waals surface area (Å²) in [6, 6.07) is 32.1. The minimum absolute atomic E-state index is 0.0707. The van der Waals surface area contributed by atoms with E-state index in [-0.39, 0.29) is 18.6 Å². The number of hydrogen-bond acceptors (Lipinski definition) is 13. The van der Waals surface area contributed by atoms with Crippen molar-refractivity contribution in [3.8, 4) is 34.3 Å². The number of fused-ring (bicyclic) bond motifs is 2. The van der Waals surface area contributed by atoms with Gasteiger partial charge in [-0.3, -0.25) is 4.79 Å². The highest BCUT2D eigenvalue weighted by atomic mass is 32.1. The van der Waals surface area contributed by atoms with Crippen LogP contribution in [0.15, 0.2) is 122 Å². The first kappa shape index (κ1) is 35.2. The molecule has 9 rings (SSSR count). The lowest BCUT2D eigenvalue weighted by Gasteiger charge is -2.32.